The van der Waals surface area contributed by atoms with Gasteiger partial charge in [0.15, 0.2) is 0 Å². The highest BCUT2D eigenvalue weighted by Gasteiger charge is 2.12. The van der Waals surface area contributed by atoms with Crippen LogP contribution in [-0.4, -0.2) is 21.5 Å². The van der Waals surface area contributed by atoms with Crippen molar-refractivity contribution in [1.82, 2.24) is 4.72 Å². The predicted molar refractivity (Wildman–Crippen MR) is 69.3 cm³/mol. The summed E-state index contributed by atoms with van der Waals surface area (Å²) >= 11 is 0. The van der Waals surface area contributed by atoms with E-state index in [1.54, 1.807) is 24.3 Å². The van der Waals surface area contributed by atoms with Crippen LogP contribution in [0.1, 0.15) is 25.3 Å². The number of hydrogen-bond donors (Lipinski definition) is 2. The molecule has 17 heavy (non-hydrogen) atoms. The molecule has 0 unspecified atom stereocenters. The Morgan fingerprint density at radius 1 is 1.24 bits per heavy atom. The molecule has 0 heterocycles. The lowest BCUT2D eigenvalue weighted by atomic mass is 10.2. The SMILES string of the molecule is CCCCNS(=O)(=O)c1ccc(CCN)cc1. The van der Waals surface area contributed by atoms with Crippen LogP contribution in [-0.2, 0) is 16.4 Å². The average Bonchev–Trinajstić information content (AvgIpc) is 2.30. The minimum atomic E-state index is -3.35. The quantitative estimate of drug-likeness (QED) is 0.722. The largest absolute Gasteiger partial charge is 0.330 e. The van der Waals surface area contributed by atoms with E-state index in [-0.39, 0.29) is 0 Å². The zero-order chi connectivity index (χ0) is 12.7. The molecule has 0 bridgehead atoms. The first kappa shape index (κ1) is 14.2. The van der Waals surface area contributed by atoms with Gasteiger partial charge in [-0.1, -0.05) is 25.5 Å². The van der Waals surface area contributed by atoms with Crippen molar-refractivity contribution in [2.45, 2.75) is 31.1 Å². The van der Waals surface area contributed by atoms with Crippen molar-refractivity contribution < 1.29 is 8.42 Å². The third kappa shape index (κ3) is 4.46. The van der Waals surface area contributed by atoms with Crippen LogP contribution in [0.2, 0.25) is 0 Å². The van der Waals surface area contributed by atoms with Crippen molar-refractivity contribution in [1.29, 1.82) is 0 Å². The number of benzene rings is 1. The van der Waals surface area contributed by atoms with Gasteiger partial charge in [-0.2, -0.15) is 0 Å². The molecule has 0 aliphatic heterocycles. The number of nitrogens with two attached hydrogens (primary N) is 1. The maximum absolute atomic E-state index is 11.8. The molecule has 1 aromatic carbocycles. The molecule has 0 radical (unpaired) electrons. The molecule has 96 valence electrons. The molecule has 0 aliphatic rings. The minimum absolute atomic E-state index is 0.314. The Morgan fingerprint density at radius 3 is 2.41 bits per heavy atom. The summed E-state index contributed by atoms with van der Waals surface area (Å²) in [6, 6.07) is 6.86. The lowest BCUT2D eigenvalue weighted by Gasteiger charge is -2.06. The molecule has 0 saturated heterocycles. The Morgan fingerprint density at radius 2 is 1.88 bits per heavy atom. The maximum atomic E-state index is 11.8. The first-order valence-corrected chi connectivity index (χ1v) is 7.37. The van der Waals surface area contributed by atoms with Gasteiger partial charge in [0, 0.05) is 6.54 Å². The van der Waals surface area contributed by atoms with E-state index in [2.05, 4.69) is 4.72 Å². The summed E-state index contributed by atoms with van der Waals surface area (Å²) in [7, 11) is -3.35. The van der Waals surface area contributed by atoms with Crippen LogP contribution in [0.5, 0.6) is 0 Å². The van der Waals surface area contributed by atoms with Gasteiger partial charge in [0.25, 0.3) is 0 Å². The van der Waals surface area contributed by atoms with Crippen LogP contribution in [0.3, 0.4) is 0 Å². The number of nitrogens with one attached hydrogen (secondary N) is 1. The Hall–Kier alpha value is -0.910. The number of unbranched alkanes of at least 4 members (excludes halogenated alkanes) is 1. The summed E-state index contributed by atoms with van der Waals surface area (Å²) < 4.78 is 26.3. The van der Waals surface area contributed by atoms with Gasteiger partial charge in [0.2, 0.25) is 10.0 Å². The molecule has 0 spiro atoms. The fourth-order valence-electron chi connectivity index (χ4n) is 1.47. The van der Waals surface area contributed by atoms with Crippen LogP contribution in [0.15, 0.2) is 29.2 Å². The molecule has 1 aromatic rings. The summed E-state index contributed by atoms with van der Waals surface area (Å²) in [6.45, 7) is 3.08. The summed E-state index contributed by atoms with van der Waals surface area (Å²) in [5, 5.41) is 0. The molecule has 0 aliphatic carbocycles. The molecular formula is C12H20N2O2S. The van der Waals surface area contributed by atoms with Crippen molar-refractivity contribution >= 4 is 10.0 Å². The minimum Gasteiger partial charge on any atom is -0.330 e. The van der Waals surface area contributed by atoms with Crippen molar-refractivity contribution in [3.8, 4) is 0 Å². The van der Waals surface area contributed by atoms with E-state index in [4.69, 9.17) is 5.73 Å². The molecule has 0 atom stereocenters. The van der Waals surface area contributed by atoms with E-state index in [1.807, 2.05) is 6.92 Å². The molecule has 0 aromatic heterocycles. The summed E-state index contributed by atoms with van der Waals surface area (Å²) in [5.41, 5.74) is 6.49. The molecule has 0 saturated carbocycles. The standard InChI is InChI=1S/C12H20N2O2S/c1-2-3-10-14-17(15,16)12-6-4-11(5-7-12)8-9-13/h4-7,14H,2-3,8-10,13H2,1H3. The van der Waals surface area contributed by atoms with Gasteiger partial charge in [-0.05, 0) is 37.1 Å². The highest BCUT2D eigenvalue weighted by atomic mass is 32.2. The van der Waals surface area contributed by atoms with Gasteiger partial charge in [0.05, 0.1) is 4.90 Å². The van der Waals surface area contributed by atoms with E-state index < -0.39 is 10.0 Å². The first-order valence-electron chi connectivity index (χ1n) is 5.89. The molecular weight excluding hydrogens is 236 g/mol. The number of sulfonamides is 1. The van der Waals surface area contributed by atoms with Gasteiger partial charge in [-0.15, -0.1) is 0 Å². The van der Waals surface area contributed by atoms with Crippen molar-refractivity contribution in [2.75, 3.05) is 13.1 Å². The molecule has 1 rings (SSSR count). The zero-order valence-electron chi connectivity index (χ0n) is 10.1. The molecule has 5 heteroatoms. The van der Waals surface area contributed by atoms with E-state index in [0.29, 0.717) is 18.0 Å². The van der Waals surface area contributed by atoms with E-state index >= 15 is 0 Å². The van der Waals surface area contributed by atoms with Gasteiger partial charge in [-0.25, -0.2) is 13.1 Å². The van der Waals surface area contributed by atoms with Crippen LogP contribution in [0, 0.1) is 0 Å². The van der Waals surface area contributed by atoms with E-state index in [9.17, 15) is 8.42 Å². The lowest BCUT2D eigenvalue weighted by Crippen LogP contribution is -2.24. The Labute approximate surface area is 103 Å². The molecule has 4 nitrogen and oxygen atoms in total. The summed E-state index contributed by atoms with van der Waals surface area (Å²) in [4.78, 5) is 0.314. The Bertz CT molecular complexity index is 426. The third-order valence-corrected chi connectivity index (χ3v) is 3.97. The topological polar surface area (TPSA) is 72.2 Å². The van der Waals surface area contributed by atoms with Crippen LogP contribution in [0.4, 0.5) is 0 Å². The van der Waals surface area contributed by atoms with Crippen molar-refractivity contribution in [3.63, 3.8) is 0 Å². The predicted octanol–water partition coefficient (Wildman–Crippen LogP) is 1.27. The summed E-state index contributed by atoms with van der Waals surface area (Å²) in [5.74, 6) is 0. The number of rotatable bonds is 7. The van der Waals surface area contributed by atoms with Gasteiger partial charge in [0.1, 0.15) is 0 Å². The van der Waals surface area contributed by atoms with Crippen LogP contribution < -0.4 is 10.5 Å². The molecule has 3 N–H and O–H groups in total. The van der Waals surface area contributed by atoms with Gasteiger partial charge in [-0.3, -0.25) is 0 Å². The maximum Gasteiger partial charge on any atom is 0.240 e. The third-order valence-electron chi connectivity index (χ3n) is 2.49. The Kier molecular flexibility index (Phi) is 5.61. The van der Waals surface area contributed by atoms with Crippen LogP contribution >= 0.6 is 0 Å². The van der Waals surface area contributed by atoms with Gasteiger partial charge >= 0.3 is 0 Å². The highest BCUT2D eigenvalue weighted by molar-refractivity contribution is 7.89. The smallest absolute Gasteiger partial charge is 0.240 e. The van der Waals surface area contributed by atoms with Crippen LogP contribution in [0.25, 0.3) is 0 Å². The first-order chi connectivity index (χ1) is 8.10. The zero-order valence-corrected chi connectivity index (χ0v) is 11.0. The Balaban J connectivity index is 2.71. The second-order valence-corrected chi connectivity index (χ2v) is 5.70. The fraction of sp³-hybridized carbons (Fsp3) is 0.500. The van der Waals surface area contributed by atoms with E-state index in [0.717, 1.165) is 24.8 Å². The molecule has 0 amide bonds. The van der Waals surface area contributed by atoms with Gasteiger partial charge < -0.3 is 5.73 Å². The monoisotopic (exact) mass is 256 g/mol. The van der Waals surface area contributed by atoms with Crippen molar-refractivity contribution in [3.05, 3.63) is 29.8 Å². The molecule has 0 fully saturated rings. The van der Waals surface area contributed by atoms with Crippen molar-refractivity contribution in [2.24, 2.45) is 5.73 Å². The number of hydrogen-bond acceptors (Lipinski definition) is 3. The highest BCUT2D eigenvalue weighted by Crippen LogP contribution is 2.10. The summed E-state index contributed by atoms with van der Waals surface area (Å²) in [6.07, 6.45) is 2.59. The normalized spacial score (nSPS) is 11.6. The average molecular weight is 256 g/mol. The van der Waals surface area contributed by atoms with E-state index in [1.165, 1.54) is 0 Å². The lowest BCUT2D eigenvalue weighted by molar-refractivity contribution is 0.578. The second kappa shape index (κ2) is 6.74. The second-order valence-electron chi connectivity index (χ2n) is 3.93. The fourth-order valence-corrected chi connectivity index (χ4v) is 2.54.